The van der Waals surface area contributed by atoms with Gasteiger partial charge in [-0.1, -0.05) is 22.0 Å². The molecule has 0 aliphatic heterocycles. The van der Waals surface area contributed by atoms with Crippen molar-refractivity contribution in [1.29, 1.82) is 0 Å². The van der Waals surface area contributed by atoms with Crippen LogP contribution >= 0.6 is 15.9 Å². The van der Waals surface area contributed by atoms with Gasteiger partial charge in [-0.3, -0.25) is 4.79 Å². The van der Waals surface area contributed by atoms with E-state index in [1.165, 1.54) is 0 Å². The van der Waals surface area contributed by atoms with Crippen molar-refractivity contribution >= 4 is 21.8 Å². The van der Waals surface area contributed by atoms with Crippen molar-refractivity contribution in [3.8, 4) is 11.5 Å². The number of hydrogen-bond donors (Lipinski definition) is 1. The monoisotopic (exact) mass is 305 g/mol. The fraction of sp³-hybridized carbons (Fsp3) is 0.0714. The fourth-order valence-corrected chi connectivity index (χ4v) is 1.95. The first kappa shape index (κ1) is 12.6. The second kappa shape index (κ2) is 5.23. The lowest BCUT2D eigenvalue weighted by molar-refractivity contribution is 0.1000. The summed E-state index contributed by atoms with van der Waals surface area (Å²) in [4.78, 5) is 11.0. The number of aryl methyl sites for hydroxylation is 1. The minimum absolute atomic E-state index is 0.438. The summed E-state index contributed by atoms with van der Waals surface area (Å²) in [6, 6.07) is 12.7. The van der Waals surface area contributed by atoms with Gasteiger partial charge in [0.15, 0.2) is 0 Å². The number of primary amides is 1. The molecule has 0 radical (unpaired) electrons. The van der Waals surface area contributed by atoms with E-state index in [4.69, 9.17) is 10.5 Å². The molecule has 0 atom stereocenters. The van der Waals surface area contributed by atoms with Crippen LogP contribution < -0.4 is 10.5 Å². The van der Waals surface area contributed by atoms with Gasteiger partial charge in [0.05, 0.1) is 0 Å². The number of carbonyl (C=O) groups excluding carboxylic acids is 1. The molecule has 3 nitrogen and oxygen atoms in total. The summed E-state index contributed by atoms with van der Waals surface area (Å²) < 4.78 is 6.69. The predicted molar refractivity (Wildman–Crippen MR) is 73.9 cm³/mol. The van der Waals surface area contributed by atoms with E-state index < -0.39 is 5.91 Å². The summed E-state index contributed by atoms with van der Waals surface area (Å²) in [5.41, 5.74) is 6.57. The number of halogens is 1. The molecular weight excluding hydrogens is 294 g/mol. The van der Waals surface area contributed by atoms with Crippen LogP contribution in [0, 0.1) is 6.92 Å². The highest BCUT2D eigenvalue weighted by Crippen LogP contribution is 2.27. The molecule has 2 rings (SSSR count). The Morgan fingerprint density at radius 3 is 2.61 bits per heavy atom. The zero-order valence-corrected chi connectivity index (χ0v) is 11.4. The molecule has 0 aliphatic carbocycles. The Balaban J connectivity index is 2.27. The molecule has 2 aromatic rings. The highest BCUT2D eigenvalue weighted by Gasteiger charge is 2.06. The number of nitrogens with two attached hydrogens (primary N) is 1. The van der Waals surface area contributed by atoms with Crippen LogP contribution in [0.5, 0.6) is 11.5 Å². The first-order valence-corrected chi connectivity index (χ1v) is 6.19. The molecule has 0 heterocycles. The van der Waals surface area contributed by atoms with Crippen molar-refractivity contribution in [2.45, 2.75) is 6.92 Å². The number of carbonyl (C=O) groups is 1. The zero-order valence-electron chi connectivity index (χ0n) is 9.81. The van der Waals surface area contributed by atoms with Crippen LogP contribution in [-0.2, 0) is 0 Å². The molecule has 2 N–H and O–H groups in total. The topological polar surface area (TPSA) is 52.3 Å². The molecule has 0 fully saturated rings. The molecule has 2 aromatic carbocycles. The second-order valence-corrected chi connectivity index (χ2v) is 4.82. The van der Waals surface area contributed by atoms with Gasteiger partial charge in [0.25, 0.3) is 0 Å². The van der Waals surface area contributed by atoms with Gasteiger partial charge in [-0.2, -0.15) is 0 Å². The van der Waals surface area contributed by atoms with E-state index in [0.29, 0.717) is 11.3 Å². The Morgan fingerprint density at radius 2 is 2.00 bits per heavy atom. The van der Waals surface area contributed by atoms with E-state index in [1.54, 1.807) is 18.2 Å². The molecule has 0 saturated heterocycles. The van der Waals surface area contributed by atoms with Crippen LogP contribution in [0.3, 0.4) is 0 Å². The molecule has 0 bridgehead atoms. The van der Waals surface area contributed by atoms with E-state index >= 15 is 0 Å². The van der Waals surface area contributed by atoms with Gasteiger partial charge in [-0.25, -0.2) is 0 Å². The van der Waals surface area contributed by atoms with Gasteiger partial charge in [-0.15, -0.1) is 0 Å². The third-order valence-corrected chi connectivity index (χ3v) is 2.98. The summed E-state index contributed by atoms with van der Waals surface area (Å²) in [5.74, 6) is 1.00. The molecule has 0 aliphatic rings. The minimum atomic E-state index is -0.438. The standard InChI is InChI=1S/C14H12BrNO2/c1-9-7-10(14(16)17)5-6-13(9)18-12-4-2-3-11(15)8-12/h2-8H,1H3,(H2,16,17). The van der Waals surface area contributed by atoms with Crippen LogP contribution in [-0.4, -0.2) is 5.91 Å². The van der Waals surface area contributed by atoms with Gasteiger partial charge in [-0.05, 0) is 48.9 Å². The normalized spacial score (nSPS) is 10.1. The van der Waals surface area contributed by atoms with Crippen LogP contribution in [0.4, 0.5) is 0 Å². The first-order valence-electron chi connectivity index (χ1n) is 5.40. The molecule has 0 saturated carbocycles. The van der Waals surface area contributed by atoms with E-state index in [2.05, 4.69) is 15.9 Å². The summed E-state index contributed by atoms with van der Waals surface area (Å²) in [5, 5.41) is 0. The highest BCUT2D eigenvalue weighted by atomic mass is 79.9. The second-order valence-electron chi connectivity index (χ2n) is 3.90. The molecule has 92 valence electrons. The van der Waals surface area contributed by atoms with Gasteiger partial charge in [0.2, 0.25) is 5.91 Å². The van der Waals surface area contributed by atoms with Gasteiger partial charge in [0, 0.05) is 10.0 Å². The maximum atomic E-state index is 11.0. The van der Waals surface area contributed by atoms with Crippen molar-refractivity contribution in [1.82, 2.24) is 0 Å². The van der Waals surface area contributed by atoms with Gasteiger partial charge in [0.1, 0.15) is 11.5 Å². The maximum Gasteiger partial charge on any atom is 0.248 e. The zero-order chi connectivity index (χ0) is 13.1. The number of benzene rings is 2. The Labute approximate surface area is 114 Å². The molecule has 0 unspecified atom stereocenters. The van der Waals surface area contributed by atoms with Gasteiger partial charge < -0.3 is 10.5 Å². The molecule has 0 spiro atoms. The Hall–Kier alpha value is -1.81. The quantitative estimate of drug-likeness (QED) is 0.941. The van der Waals surface area contributed by atoms with Crippen LogP contribution in [0.1, 0.15) is 15.9 Å². The maximum absolute atomic E-state index is 11.0. The van der Waals surface area contributed by atoms with E-state index in [9.17, 15) is 4.79 Å². The van der Waals surface area contributed by atoms with Crippen molar-refractivity contribution < 1.29 is 9.53 Å². The van der Waals surface area contributed by atoms with E-state index in [1.807, 2.05) is 31.2 Å². The summed E-state index contributed by atoms with van der Waals surface area (Å²) >= 11 is 3.38. The largest absolute Gasteiger partial charge is 0.457 e. The molecular formula is C14H12BrNO2. The van der Waals surface area contributed by atoms with E-state index in [-0.39, 0.29) is 0 Å². The smallest absolute Gasteiger partial charge is 0.248 e. The average molecular weight is 306 g/mol. The predicted octanol–water partition coefficient (Wildman–Crippen LogP) is 3.65. The Morgan fingerprint density at radius 1 is 1.22 bits per heavy atom. The van der Waals surface area contributed by atoms with Crippen molar-refractivity contribution in [3.63, 3.8) is 0 Å². The Kier molecular flexibility index (Phi) is 3.67. The molecule has 4 heteroatoms. The number of ether oxygens (including phenoxy) is 1. The molecule has 0 aromatic heterocycles. The van der Waals surface area contributed by atoms with Crippen molar-refractivity contribution in [2.24, 2.45) is 5.73 Å². The number of amides is 1. The van der Waals surface area contributed by atoms with Crippen molar-refractivity contribution in [2.75, 3.05) is 0 Å². The van der Waals surface area contributed by atoms with Crippen LogP contribution in [0.25, 0.3) is 0 Å². The molecule has 18 heavy (non-hydrogen) atoms. The highest BCUT2D eigenvalue weighted by molar-refractivity contribution is 9.10. The fourth-order valence-electron chi connectivity index (χ4n) is 1.57. The van der Waals surface area contributed by atoms with Gasteiger partial charge >= 0.3 is 0 Å². The number of rotatable bonds is 3. The molecule has 1 amide bonds. The van der Waals surface area contributed by atoms with Crippen LogP contribution in [0.15, 0.2) is 46.9 Å². The van der Waals surface area contributed by atoms with Crippen LogP contribution in [0.2, 0.25) is 0 Å². The minimum Gasteiger partial charge on any atom is -0.457 e. The Bertz CT molecular complexity index is 596. The lowest BCUT2D eigenvalue weighted by Gasteiger charge is -2.09. The SMILES string of the molecule is Cc1cc(C(N)=O)ccc1Oc1cccc(Br)c1. The first-order chi connectivity index (χ1) is 8.56. The van der Waals surface area contributed by atoms with E-state index in [0.717, 1.165) is 15.8 Å². The van der Waals surface area contributed by atoms with Crippen molar-refractivity contribution in [3.05, 3.63) is 58.1 Å². The number of hydrogen-bond acceptors (Lipinski definition) is 2. The summed E-state index contributed by atoms with van der Waals surface area (Å²) in [6.07, 6.45) is 0. The third-order valence-electron chi connectivity index (χ3n) is 2.48. The summed E-state index contributed by atoms with van der Waals surface area (Å²) in [6.45, 7) is 1.87. The lowest BCUT2D eigenvalue weighted by atomic mass is 10.1. The summed E-state index contributed by atoms with van der Waals surface area (Å²) in [7, 11) is 0. The lowest BCUT2D eigenvalue weighted by Crippen LogP contribution is -2.10. The third kappa shape index (κ3) is 2.90. The average Bonchev–Trinajstić information content (AvgIpc) is 2.31.